The van der Waals surface area contributed by atoms with E-state index in [4.69, 9.17) is 9.57 Å². The second-order valence-electron chi connectivity index (χ2n) is 3.63. The Bertz CT molecular complexity index is 424. The van der Waals surface area contributed by atoms with Crippen molar-refractivity contribution >= 4 is 5.97 Å². The van der Waals surface area contributed by atoms with E-state index in [9.17, 15) is 4.79 Å². The summed E-state index contributed by atoms with van der Waals surface area (Å²) in [5.74, 6) is 0.408. The lowest BCUT2D eigenvalue weighted by Gasteiger charge is -2.16. The highest BCUT2D eigenvalue weighted by molar-refractivity contribution is 5.91. The molecule has 1 aliphatic rings. The first-order valence-corrected chi connectivity index (χ1v) is 4.91. The van der Waals surface area contributed by atoms with Crippen LogP contribution in [-0.4, -0.2) is 25.2 Å². The summed E-state index contributed by atoms with van der Waals surface area (Å²) >= 11 is 0. The predicted molar refractivity (Wildman–Crippen MR) is 58.7 cm³/mol. The van der Waals surface area contributed by atoms with Gasteiger partial charge < -0.3 is 9.57 Å². The van der Waals surface area contributed by atoms with Crippen molar-refractivity contribution in [3.63, 3.8) is 0 Å². The molecular weight excluding hydrogens is 206 g/mol. The zero-order valence-corrected chi connectivity index (χ0v) is 9.27. The molecule has 1 unspecified atom stereocenters. The molecule has 16 heavy (non-hydrogen) atoms. The molecule has 0 radical (unpaired) electrons. The second-order valence-corrected chi connectivity index (χ2v) is 3.63. The van der Waals surface area contributed by atoms with E-state index < -0.39 is 0 Å². The Morgan fingerprint density at radius 3 is 2.44 bits per heavy atom. The minimum absolute atomic E-state index is 0.210. The van der Waals surface area contributed by atoms with Gasteiger partial charge in [0, 0.05) is 7.05 Å². The molecule has 0 aliphatic carbocycles. The number of hydroxylamine groups is 2. The SMILES string of the molecule is C=C1C(=O)ON(C)C1c1ccc(OC)cc1. The van der Waals surface area contributed by atoms with Gasteiger partial charge in [-0.2, -0.15) is 0 Å². The topological polar surface area (TPSA) is 38.8 Å². The molecular formula is C12H13NO3. The van der Waals surface area contributed by atoms with Gasteiger partial charge in [-0.05, 0) is 17.7 Å². The van der Waals surface area contributed by atoms with Crippen LogP contribution < -0.4 is 4.74 Å². The van der Waals surface area contributed by atoms with Crippen molar-refractivity contribution in [3.8, 4) is 5.75 Å². The Hall–Kier alpha value is -1.81. The molecule has 1 aromatic carbocycles. The monoisotopic (exact) mass is 219 g/mol. The van der Waals surface area contributed by atoms with Crippen molar-refractivity contribution in [3.05, 3.63) is 42.0 Å². The number of nitrogens with zero attached hydrogens (tertiary/aromatic N) is 1. The Kier molecular flexibility index (Phi) is 2.66. The Morgan fingerprint density at radius 1 is 1.38 bits per heavy atom. The fourth-order valence-corrected chi connectivity index (χ4v) is 1.77. The number of likely N-dealkylation sites (N-methyl/N-ethyl adjacent to an activating group) is 1. The molecule has 0 spiro atoms. The van der Waals surface area contributed by atoms with Crippen LogP contribution in [-0.2, 0) is 9.63 Å². The second kappa shape index (κ2) is 3.98. The number of ether oxygens (including phenoxy) is 1. The van der Waals surface area contributed by atoms with Crippen LogP contribution in [0.2, 0.25) is 0 Å². The van der Waals surface area contributed by atoms with Crippen molar-refractivity contribution in [2.45, 2.75) is 6.04 Å². The Morgan fingerprint density at radius 2 is 2.00 bits per heavy atom. The predicted octanol–water partition coefficient (Wildman–Crippen LogP) is 1.70. The first-order chi connectivity index (χ1) is 7.63. The normalized spacial score (nSPS) is 21.0. The van der Waals surface area contributed by atoms with Gasteiger partial charge in [-0.15, -0.1) is 5.06 Å². The lowest BCUT2D eigenvalue weighted by Crippen LogP contribution is -2.16. The third kappa shape index (κ3) is 1.67. The van der Waals surface area contributed by atoms with Gasteiger partial charge in [0.2, 0.25) is 0 Å². The van der Waals surface area contributed by atoms with Gasteiger partial charge in [-0.1, -0.05) is 18.7 Å². The average molecular weight is 219 g/mol. The Balaban J connectivity index is 2.29. The summed E-state index contributed by atoms with van der Waals surface area (Å²) in [5.41, 5.74) is 1.41. The number of carbonyl (C=O) groups excluding carboxylic acids is 1. The largest absolute Gasteiger partial charge is 0.497 e. The highest BCUT2D eigenvalue weighted by atomic mass is 16.7. The summed E-state index contributed by atoms with van der Waals surface area (Å²) in [5, 5.41) is 1.51. The summed E-state index contributed by atoms with van der Waals surface area (Å²) in [4.78, 5) is 16.3. The third-order valence-electron chi connectivity index (χ3n) is 2.61. The highest BCUT2D eigenvalue weighted by Gasteiger charge is 2.35. The molecule has 1 saturated heterocycles. The molecule has 2 rings (SSSR count). The summed E-state index contributed by atoms with van der Waals surface area (Å²) in [6.45, 7) is 3.74. The van der Waals surface area contributed by atoms with Crippen molar-refractivity contribution in [1.82, 2.24) is 5.06 Å². The zero-order valence-electron chi connectivity index (χ0n) is 9.27. The molecule has 0 N–H and O–H groups in total. The van der Waals surface area contributed by atoms with Crippen molar-refractivity contribution < 1.29 is 14.4 Å². The van der Waals surface area contributed by atoms with Gasteiger partial charge in [0.25, 0.3) is 0 Å². The maximum absolute atomic E-state index is 11.3. The van der Waals surface area contributed by atoms with Gasteiger partial charge in [0.05, 0.1) is 12.7 Å². The van der Waals surface area contributed by atoms with Crippen LogP contribution in [0.4, 0.5) is 0 Å². The van der Waals surface area contributed by atoms with Crippen LogP contribution in [0, 0.1) is 0 Å². The first kappa shape index (κ1) is 10.7. The maximum atomic E-state index is 11.3. The molecule has 0 saturated carbocycles. The van der Waals surface area contributed by atoms with E-state index in [-0.39, 0.29) is 12.0 Å². The number of hydrogen-bond acceptors (Lipinski definition) is 4. The zero-order chi connectivity index (χ0) is 11.7. The average Bonchev–Trinajstić information content (AvgIpc) is 2.54. The van der Waals surface area contributed by atoms with Gasteiger partial charge >= 0.3 is 5.97 Å². The van der Waals surface area contributed by atoms with E-state index in [1.807, 2.05) is 24.3 Å². The Labute approximate surface area is 94.0 Å². The number of carbonyl (C=O) groups is 1. The summed E-state index contributed by atoms with van der Waals surface area (Å²) in [6, 6.07) is 7.28. The molecule has 0 aromatic heterocycles. The molecule has 0 bridgehead atoms. The smallest absolute Gasteiger partial charge is 0.354 e. The third-order valence-corrected chi connectivity index (χ3v) is 2.61. The van der Waals surface area contributed by atoms with Crippen LogP contribution in [0.15, 0.2) is 36.4 Å². The highest BCUT2D eigenvalue weighted by Crippen LogP contribution is 2.33. The van der Waals surface area contributed by atoms with E-state index >= 15 is 0 Å². The minimum atomic E-state index is -0.372. The molecule has 1 aromatic rings. The lowest BCUT2D eigenvalue weighted by molar-refractivity contribution is -0.168. The molecule has 1 aliphatic heterocycles. The summed E-state index contributed by atoms with van der Waals surface area (Å²) in [6.07, 6.45) is 0. The minimum Gasteiger partial charge on any atom is -0.497 e. The summed E-state index contributed by atoms with van der Waals surface area (Å²) in [7, 11) is 3.33. The molecule has 1 heterocycles. The van der Waals surface area contributed by atoms with Crippen molar-refractivity contribution in [2.75, 3.05) is 14.2 Å². The fraction of sp³-hybridized carbons (Fsp3) is 0.250. The van der Waals surface area contributed by atoms with Crippen molar-refractivity contribution in [2.24, 2.45) is 0 Å². The number of rotatable bonds is 2. The number of hydrogen-bond donors (Lipinski definition) is 0. The molecule has 1 atom stereocenters. The summed E-state index contributed by atoms with van der Waals surface area (Å²) < 4.78 is 5.07. The van der Waals surface area contributed by atoms with Crippen LogP contribution in [0.3, 0.4) is 0 Å². The van der Waals surface area contributed by atoms with Crippen LogP contribution in [0.5, 0.6) is 5.75 Å². The van der Waals surface area contributed by atoms with Gasteiger partial charge in [-0.25, -0.2) is 4.79 Å². The van der Waals surface area contributed by atoms with E-state index in [1.165, 1.54) is 5.06 Å². The van der Waals surface area contributed by atoms with Gasteiger partial charge in [-0.3, -0.25) is 0 Å². The fourth-order valence-electron chi connectivity index (χ4n) is 1.77. The molecule has 0 amide bonds. The van der Waals surface area contributed by atoms with Crippen LogP contribution in [0.25, 0.3) is 0 Å². The number of methoxy groups -OCH3 is 1. The van der Waals surface area contributed by atoms with E-state index in [2.05, 4.69) is 6.58 Å². The van der Waals surface area contributed by atoms with Crippen molar-refractivity contribution in [1.29, 1.82) is 0 Å². The van der Waals surface area contributed by atoms with Crippen LogP contribution >= 0.6 is 0 Å². The maximum Gasteiger partial charge on any atom is 0.354 e. The number of benzene rings is 1. The molecule has 4 heteroatoms. The van der Waals surface area contributed by atoms with Crippen LogP contribution in [0.1, 0.15) is 11.6 Å². The van der Waals surface area contributed by atoms with Gasteiger partial charge in [0.1, 0.15) is 11.8 Å². The first-order valence-electron chi connectivity index (χ1n) is 4.91. The standard InChI is InChI=1S/C12H13NO3/c1-8-11(13(2)16-12(8)14)9-4-6-10(15-3)7-5-9/h4-7,11H,1H2,2-3H3. The molecule has 4 nitrogen and oxygen atoms in total. The van der Waals surface area contributed by atoms with E-state index in [0.29, 0.717) is 5.57 Å². The van der Waals surface area contributed by atoms with Gasteiger partial charge in [0.15, 0.2) is 0 Å². The lowest BCUT2D eigenvalue weighted by atomic mass is 10.0. The quantitative estimate of drug-likeness (QED) is 0.709. The van der Waals surface area contributed by atoms with E-state index in [1.54, 1.807) is 14.2 Å². The molecule has 1 fully saturated rings. The van der Waals surface area contributed by atoms with E-state index in [0.717, 1.165) is 11.3 Å². The molecule has 84 valence electrons.